The quantitative estimate of drug-likeness (QED) is 0.148. The maximum absolute atomic E-state index is 15.3. The molecule has 6 rings (SSSR count). The number of methoxy groups -OCH3 is 3. The van der Waals surface area contributed by atoms with Crippen LogP contribution in [0.3, 0.4) is 0 Å². The molecule has 0 saturated carbocycles. The molecule has 53 heavy (non-hydrogen) atoms. The Morgan fingerprint density at radius 2 is 1.40 bits per heavy atom. The molecule has 1 fully saturated rings. The summed E-state index contributed by atoms with van der Waals surface area (Å²) in [6, 6.07) is 24.1. The molecule has 2 atom stereocenters. The van der Waals surface area contributed by atoms with Gasteiger partial charge in [-0.05, 0) is 70.4 Å². The third kappa shape index (κ3) is 8.67. The summed E-state index contributed by atoms with van der Waals surface area (Å²) < 4.78 is 77.1. The topological polar surface area (TPSA) is 179 Å². The summed E-state index contributed by atoms with van der Waals surface area (Å²) in [5.41, 5.74) is 2.50. The Labute approximate surface area is 310 Å². The first-order chi connectivity index (χ1) is 25.6. The lowest BCUT2D eigenvalue weighted by Crippen LogP contribution is -2.44. The first kappa shape index (κ1) is 37.8. The van der Waals surface area contributed by atoms with E-state index < -0.39 is 32.1 Å². The molecule has 1 aliphatic rings. The molecule has 1 saturated heterocycles. The summed E-state index contributed by atoms with van der Waals surface area (Å²) in [7, 11) is 0.0127. The van der Waals surface area contributed by atoms with Gasteiger partial charge in [-0.3, -0.25) is 0 Å². The minimum Gasteiger partial charge on any atom is -0.497 e. The van der Waals surface area contributed by atoms with Gasteiger partial charge in [0.1, 0.15) is 22.1 Å². The predicted molar refractivity (Wildman–Crippen MR) is 196 cm³/mol. The summed E-state index contributed by atoms with van der Waals surface area (Å²) in [6.07, 6.45) is -0.552. The first-order valence-electron chi connectivity index (χ1n) is 16.6. The van der Waals surface area contributed by atoms with Crippen molar-refractivity contribution in [1.82, 2.24) is 24.5 Å². The fraction of sp³-hybridized carbons (Fsp3) is 0.306. The maximum Gasteiger partial charge on any atom is 0.245 e. The molecule has 2 N–H and O–H groups in total. The average molecular weight is 765 g/mol. The van der Waals surface area contributed by atoms with Gasteiger partial charge in [-0.25, -0.2) is 12.6 Å². The number of aliphatic hydroxyl groups excluding tert-OH is 1. The molecule has 280 valence electrons. The van der Waals surface area contributed by atoms with Crippen molar-refractivity contribution in [2.75, 3.05) is 52.5 Å². The standard InChI is InChI=1S/C36H40N6O9S2/c1-48-28-10-4-25(5-11-28)20-41(21-26-6-12-29(49-2)13-7-26)53(46,47)35-33(52(44)45)17-16-32(40-18-19-51-31(23-40)24-43)34(35)36-37-39-42(38-36)22-27-8-14-30(50-3)15-9-27/h4-17,31,43H,18-24H2,1-3H3,(H,44,45). The van der Waals surface area contributed by atoms with Crippen molar-refractivity contribution in [1.29, 1.82) is 0 Å². The highest BCUT2D eigenvalue weighted by Gasteiger charge is 2.37. The Bertz CT molecular complexity index is 2080. The lowest BCUT2D eigenvalue weighted by Gasteiger charge is -2.35. The van der Waals surface area contributed by atoms with Crippen molar-refractivity contribution >= 4 is 26.8 Å². The van der Waals surface area contributed by atoms with Gasteiger partial charge in [-0.1, -0.05) is 36.4 Å². The highest BCUT2D eigenvalue weighted by Crippen LogP contribution is 2.41. The number of aliphatic hydroxyl groups is 1. The van der Waals surface area contributed by atoms with E-state index in [4.69, 9.17) is 18.9 Å². The number of ether oxygens (including phenoxy) is 4. The number of hydrogen-bond acceptors (Lipinski definition) is 12. The average Bonchev–Trinajstić information content (AvgIpc) is 3.65. The molecule has 2 heterocycles. The molecule has 0 aliphatic carbocycles. The number of morpholine rings is 1. The van der Waals surface area contributed by atoms with E-state index in [-0.39, 0.29) is 55.7 Å². The van der Waals surface area contributed by atoms with E-state index in [1.807, 2.05) is 17.0 Å². The van der Waals surface area contributed by atoms with Crippen LogP contribution in [-0.2, 0) is 45.5 Å². The van der Waals surface area contributed by atoms with Crippen LogP contribution in [-0.4, -0.2) is 101 Å². The second-order valence-electron chi connectivity index (χ2n) is 12.1. The number of tetrazole rings is 1. The van der Waals surface area contributed by atoms with E-state index in [9.17, 15) is 13.9 Å². The molecular weight excluding hydrogens is 725 g/mol. The molecule has 1 aliphatic heterocycles. The van der Waals surface area contributed by atoms with Crippen molar-refractivity contribution in [2.24, 2.45) is 0 Å². The van der Waals surface area contributed by atoms with E-state index in [1.54, 1.807) is 88.1 Å². The molecule has 0 spiro atoms. The van der Waals surface area contributed by atoms with Crippen LogP contribution in [0.1, 0.15) is 16.7 Å². The number of sulfonamides is 1. The van der Waals surface area contributed by atoms with Crippen LogP contribution in [0.2, 0.25) is 0 Å². The fourth-order valence-electron chi connectivity index (χ4n) is 6.00. The Balaban J connectivity index is 1.52. The molecule has 2 unspecified atom stereocenters. The molecule has 0 radical (unpaired) electrons. The van der Waals surface area contributed by atoms with E-state index in [1.165, 1.54) is 15.2 Å². The molecule has 4 aromatic carbocycles. The monoisotopic (exact) mass is 764 g/mol. The fourth-order valence-corrected chi connectivity index (χ4v) is 8.65. The number of nitrogens with zero attached hydrogens (tertiary/aromatic N) is 6. The Kier molecular flexibility index (Phi) is 12.0. The Morgan fingerprint density at radius 3 is 1.91 bits per heavy atom. The minimum absolute atomic E-state index is 0.000988. The molecular formula is C36H40N6O9S2. The van der Waals surface area contributed by atoms with Gasteiger partial charge in [-0.15, -0.1) is 10.2 Å². The molecule has 17 heteroatoms. The zero-order chi connectivity index (χ0) is 37.5. The van der Waals surface area contributed by atoms with Crippen molar-refractivity contribution < 1.29 is 41.2 Å². The van der Waals surface area contributed by atoms with Crippen LogP contribution in [0.25, 0.3) is 11.4 Å². The van der Waals surface area contributed by atoms with Gasteiger partial charge in [0.05, 0.1) is 57.7 Å². The van der Waals surface area contributed by atoms with Crippen LogP contribution in [0.5, 0.6) is 17.2 Å². The highest BCUT2D eigenvalue weighted by molar-refractivity contribution is 7.90. The van der Waals surface area contributed by atoms with E-state index in [0.717, 1.165) is 5.56 Å². The predicted octanol–water partition coefficient (Wildman–Crippen LogP) is 3.58. The number of hydrogen-bond donors (Lipinski definition) is 2. The normalized spacial score (nSPS) is 15.4. The molecule has 1 aromatic heterocycles. The summed E-state index contributed by atoms with van der Waals surface area (Å²) in [4.78, 5) is 2.39. The highest BCUT2D eigenvalue weighted by atomic mass is 32.2. The van der Waals surface area contributed by atoms with Gasteiger partial charge in [-0.2, -0.15) is 9.10 Å². The van der Waals surface area contributed by atoms with Gasteiger partial charge < -0.3 is 33.5 Å². The summed E-state index contributed by atoms with van der Waals surface area (Å²) >= 11 is -2.76. The number of aromatic nitrogens is 4. The van der Waals surface area contributed by atoms with Gasteiger partial charge in [0.25, 0.3) is 0 Å². The SMILES string of the molecule is COc1ccc(CN(Cc2ccc(OC)cc2)S(=O)(=O)c2c(S(=O)O)ccc(N3CCOC(CO)C3)c2-c2nnn(Cc3ccc(OC)cc3)n2)cc1. The number of benzene rings is 4. The van der Waals surface area contributed by atoms with Gasteiger partial charge in [0.2, 0.25) is 15.8 Å². The van der Waals surface area contributed by atoms with Crippen LogP contribution in [0, 0.1) is 0 Å². The summed E-state index contributed by atoms with van der Waals surface area (Å²) in [5.74, 6) is 1.80. The zero-order valence-corrected chi connectivity index (χ0v) is 31.0. The summed E-state index contributed by atoms with van der Waals surface area (Å²) in [5, 5.41) is 23.1. The van der Waals surface area contributed by atoms with Crippen LogP contribution in [0.4, 0.5) is 5.69 Å². The van der Waals surface area contributed by atoms with E-state index in [2.05, 4.69) is 15.4 Å². The largest absolute Gasteiger partial charge is 0.497 e. The van der Waals surface area contributed by atoms with Crippen LogP contribution in [0.15, 0.2) is 94.7 Å². The Morgan fingerprint density at radius 1 is 0.849 bits per heavy atom. The maximum atomic E-state index is 15.3. The first-order valence-corrected chi connectivity index (χ1v) is 19.1. The summed E-state index contributed by atoms with van der Waals surface area (Å²) in [6.45, 7) is 0.550. The van der Waals surface area contributed by atoms with Crippen LogP contribution < -0.4 is 19.1 Å². The molecule has 0 bridgehead atoms. The third-order valence-electron chi connectivity index (χ3n) is 8.76. The number of rotatable bonds is 15. The minimum atomic E-state index is -4.64. The van der Waals surface area contributed by atoms with E-state index >= 15 is 8.42 Å². The van der Waals surface area contributed by atoms with Gasteiger partial charge in [0.15, 0.2) is 11.1 Å². The second kappa shape index (κ2) is 16.8. The molecule has 5 aromatic rings. The Hall–Kier alpha value is -4.91. The van der Waals surface area contributed by atoms with Crippen molar-refractivity contribution in [3.8, 4) is 28.6 Å². The van der Waals surface area contributed by atoms with Crippen LogP contribution >= 0.6 is 0 Å². The number of anilines is 1. The molecule has 15 nitrogen and oxygen atoms in total. The van der Waals surface area contributed by atoms with Crippen molar-refractivity contribution in [2.45, 2.75) is 35.5 Å². The third-order valence-corrected chi connectivity index (χ3v) is 11.5. The zero-order valence-electron chi connectivity index (χ0n) is 29.4. The lowest BCUT2D eigenvalue weighted by atomic mass is 10.1. The van der Waals surface area contributed by atoms with E-state index in [0.29, 0.717) is 40.6 Å². The van der Waals surface area contributed by atoms with Crippen molar-refractivity contribution in [3.05, 3.63) is 102 Å². The van der Waals surface area contributed by atoms with Gasteiger partial charge in [0, 0.05) is 31.9 Å². The molecule has 0 amide bonds. The van der Waals surface area contributed by atoms with Crippen molar-refractivity contribution in [3.63, 3.8) is 0 Å². The second-order valence-corrected chi connectivity index (χ2v) is 14.9. The van der Waals surface area contributed by atoms with Gasteiger partial charge >= 0.3 is 0 Å². The smallest absolute Gasteiger partial charge is 0.245 e. The lowest BCUT2D eigenvalue weighted by molar-refractivity contribution is 0.00358.